The van der Waals surface area contributed by atoms with Crippen LogP contribution in [0, 0.1) is 23.3 Å². The van der Waals surface area contributed by atoms with Gasteiger partial charge in [0, 0.05) is 24.0 Å². The first-order valence-electron chi connectivity index (χ1n) is 14.4. The highest BCUT2D eigenvalue weighted by atomic mass is 32.2. The largest absolute Gasteiger partial charge is 0.267 e. The fourth-order valence-corrected chi connectivity index (χ4v) is 8.86. The molecule has 2 aliphatic heterocycles. The first kappa shape index (κ1) is 32.6. The van der Waals surface area contributed by atoms with E-state index in [2.05, 4.69) is 20.2 Å². The number of fused-ring (bicyclic) bond motifs is 2. The first-order valence-corrected chi connectivity index (χ1v) is 17.5. The molecule has 4 aliphatic rings. The molecule has 0 bridgehead atoms. The molecule has 0 N–H and O–H groups in total. The van der Waals surface area contributed by atoms with Crippen LogP contribution in [-0.2, 0) is 19.7 Å². The highest BCUT2D eigenvalue weighted by molar-refractivity contribution is 7.92. The SMILES string of the molecule is O=S(=O)(c1nc2n(n1)[C@H](c1cc(F)ccc1F)C[C@@H]2F)[C@@H]1C[C@H]1F.O=S(=O)(c1nc2n(n1)[C@H](c1cc(F)ccc1F)C[C@@H]2F)[C@H]1C[C@@H]1F. The van der Waals surface area contributed by atoms with Gasteiger partial charge in [-0.2, -0.15) is 9.97 Å². The zero-order valence-electron chi connectivity index (χ0n) is 24.1. The van der Waals surface area contributed by atoms with E-state index in [0.29, 0.717) is 0 Å². The van der Waals surface area contributed by atoms with E-state index in [-0.39, 0.29) is 48.5 Å². The molecule has 8 atom stereocenters. The van der Waals surface area contributed by atoms with Gasteiger partial charge < -0.3 is 0 Å². The van der Waals surface area contributed by atoms with E-state index in [4.69, 9.17) is 0 Å². The van der Waals surface area contributed by atoms with Gasteiger partial charge in [-0.1, -0.05) is 0 Å². The minimum Gasteiger partial charge on any atom is -0.246 e. The molecular weight excluding hydrogens is 700 g/mol. The molecule has 2 fully saturated rings. The Labute approximate surface area is 266 Å². The molecule has 0 spiro atoms. The predicted octanol–water partition coefficient (Wildman–Crippen LogP) is 4.89. The third-order valence-corrected chi connectivity index (χ3v) is 12.5. The van der Waals surface area contributed by atoms with Crippen molar-refractivity contribution in [3.05, 3.63) is 82.4 Å². The Balaban J connectivity index is 0.000000152. The summed E-state index contributed by atoms with van der Waals surface area (Å²) in [5.74, 6) is -3.49. The second-order valence-electron chi connectivity index (χ2n) is 11.8. The number of benzene rings is 2. The Morgan fingerprint density at radius 2 is 0.938 bits per heavy atom. The van der Waals surface area contributed by atoms with Gasteiger partial charge >= 0.3 is 0 Å². The van der Waals surface area contributed by atoms with Crippen molar-refractivity contribution in [2.75, 3.05) is 0 Å². The van der Waals surface area contributed by atoms with Gasteiger partial charge in [0.1, 0.15) is 46.1 Å². The van der Waals surface area contributed by atoms with Crippen LogP contribution in [0.25, 0.3) is 0 Å². The highest BCUT2D eigenvalue weighted by Crippen LogP contribution is 2.44. The van der Waals surface area contributed by atoms with Gasteiger partial charge in [0.05, 0.1) is 12.1 Å². The Kier molecular flexibility index (Phi) is 7.68. The van der Waals surface area contributed by atoms with Gasteiger partial charge in [-0.3, -0.25) is 0 Å². The number of hydrogen-bond acceptors (Lipinski definition) is 8. The number of hydrogen-bond donors (Lipinski definition) is 0. The lowest BCUT2D eigenvalue weighted by Crippen LogP contribution is -2.14. The van der Waals surface area contributed by atoms with Crippen LogP contribution in [0.3, 0.4) is 0 Å². The second kappa shape index (κ2) is 11.3. The monoisotopic (exact) mass is 722 g/mol. The fourth-order valence-electron chi connectivity index (χ4n) is 5.82. The summed E-state index contributed by atoms with van der Waals surface area (Å²) in [7, 11) is -8.19. The molecule has 0 unspecified atom stereocenters. The van der Waals surface area contributed by atoms with Crippen LogP contribution in [0.15, 0.2) is 46.7 Å². The molecule has 0 amide bonds. The van der Waals surface area contributed by atoms with Crippen molar-refractivity contribution in [1.29, 1.82) is 0 Å². The van der Waals surface area contributed by atoms with Gasteiger partial charge in [0.15, 0.2) is 24.0 Å². The van der Waals surface area contributed by atoms with Crippen molar-refractivity contribution in [2.45, 2.75) is 83.3 Å². The van der Waals surface area contributed by atoms with E-state index >= 15 is 0 Å². The molecule has 20 heteroatoms. The molecule has 2 saturated carbocycles. The van der Waals surface area contributed by atoms with E-state index in [1.807, 2.05) is 0 Å². The highest BCUT2D eigenvalue weighted by Gasteiger charge is 2.53. The Hall–Kier alpha value is -3.94. The van der Waals surface area contributed by atoms with Crippen LogP contribution in [-0.4, -0.2) is 69.2 Å². The van der Waals surface area contributed by atoms with Crippen molar-refractivity contribution in [3.8, 4) is 0 Å². The quantitative estimate of drug-likeness (QED) is 0.258. The standard InChI is InChI=1S/2C14H11F4N3O2S/c2*15-6-1-2-8(16)7(3-6)11-4-10(18)13-19-14(20-21(11)13)24(22,23)12-5-9(12)17/h2*1-3,9-12H,4-5H2/t9-,10+,11+,12-;9-,10-,11-,12-/m10/s1. The van der Waals surface area contributed by atoms with Gasteiger partial charge in [-0.05, 0) is 49.2 Å². The first-order chi connectivity index (χ1) is 22.6. The Morgan fingerprint density at radius 1 is 0.583 bits per heavy atom. The minimum absolute atomic E-state index is 0.139. The summed E-state index contributed by atoms with van der Waals surface area (Å²) in [5.41, 5.74) is -0.278. The lowest BCUT2D eigenvalue weighted by molar-refractivity contribution is 0.324. The van der Waals surface area contributed by atoms with Gasteiger partial charge in [-0.25, -0.2) is 61.3 Å². The average Bonchev–Trinajstić information content (AvgIpc) is 3.68. The molecule has 2 aliphatic carbocycles. The number of sulfone groups is 2. The zero-order valence-corrected chi connectivity index (χ0v) is 25.7. The summed E-state index contributed by atoms with van der Waals surface area (Å²) >= 11 is 0. The molecule has 48 heavy (non-hydrogen) atoms. The average molecular weight is 723 g/mol. The molecule has 2 aromatic heterocycles. The summed E-state index contributed by atoms with van der Waals surface area (Å²) in [5, 5.41) is 3.73. The van der Waals surface area contributed by atoms with Gasteiger partial charge in [-0.15, -0.1) is 10.2 Å². The topological polar surface area (TPSA) is 130 Å². The lowest BCUT2D eigenvalue weighted by Gasteiger charge is -2.12. The van der Waals surface area contributed by atoms with E-state index in [9.17, 15) is 52.0 Å². The number of alkyl halides is 4. The van der Waals surface area contributed by atoms with Crippen molar-refractivity contribution in [3.63, 3.8) is 0 Å². The van der Waals surface area contributed by atoms with Gasteiger partial charge in [0.25, 0.3) is 10.3 Å². The molecule has 0 radical (unpaired) electrons. The van der Waals surface area contributed by atoms with Crippen LogP contribution in [0.4, 0.5) is 35.1 Å². The molecule has 256 valence electrons. The van der Waals surface area contributed by atoms with Crippen molar-refractivity contribution >= 4 is 19.7 Å². The lowest BCUT2D eigenvalue weighted by atomic mass is 10.0. The van der Waals surface area contributed by atoms with E-state index in [1.54, 1.807) is 0 Å². The fraction of sp³-hybridized carbons (Fsp3) is 0.429. The van der Waals surface area contributed by atoms with Crippen LogP contribution >= 0.6 is 0 Å². The maximum Gasteiger partial charge on any atom is 0.267 e. The number of halogens is 8. The molecule has 0 saturated heterocycles. The summed E-state index contributed by atoms with van der Waals surface area (Å²) in [6.45, 7) is 0. The maximum atomic E-state index is 14.2. The number of nitrogens with zero attached hydrogens (tertiary/aromatic N) is 6. The van der Waals surface area contributed by atoms with Crippen LogP contribution in [0.5, 0.6) is 0 Å². The van der Waals surface area contributed by atoms with Crippen molar-refractivity contribution in [2.24, 2.45) is 0 Å². The maximum absolute atomic E-state index is 14.2. The minimum atomic E-state index is -4.09. The van der Waals surface area contributed by atoms with E-state index in [0.717, 1.165) is 45.8 Å². The smallest absolute Gasteiger partial charge is 0.246 e. The molecular formula is C28H22F8N6O4S2. The van der Waals surface area contributed by atoms with Crippen LogP contribution in [0.2, 0.25) is 0 Å². The summed E-state index contributed by atoms with van der Waals surface area (Å²) in [6.07, 6.45) is -7.06. The van der Waals surface area contributed by atoms with Crippen LogP contribution in [0.1, 0.15) is 72.9 Å². The second-order valence-corrected chi connectivity index (χ2v) is 16.0. The summed E-state index contributed by atoms with van der Waals surface area (Å²) < 4.78 is 160. The normalized spacial score (nSPS) is 28.8. The predicted molar refractivity (Wildman–Crippen MR) is 147 cm³/mol. The Morgan fingerprint density at radius 3 is 1.27 bits per heavy atom. The van der Waals surface area contributed by atoms with Crippen LogP contribution < -0.4 is 0 Å². The summed E-state index contributed by atoms with van der Waals surface area (Å²) in [6, 6.07) is 3.46. The zero-order chi connectivity index (χ0) is 34.4. The van der Waals surface area contributed by atoms with Gasteiger partial charge in [0.2, 0.25) is 19.7 Å². The molecule has 2 aromatic carbocycles. The molecule has 8 rings (SSSR count). The third kappa shape index (κ3) is 5.45. The molecule has 10 nitrogen and oxygen atoms in total. The number of rotatable bonds is 6. The Bertz CT molecular complexity index is 2010. The third-order valence-electron chi connectivity index (χ3n) is 8.54. The molecule has 4 heterocycles. The summed E-state index contributed by atoms with van der Waals surface area (Å²) in [4.78, 5) is 7.35. The number of aromatic nitrogens is 6. The van der Waals surface area contributed by atoms with E-state index in [1.165, 1.54) is 0 Å². The van der Waals surface area contributed by atoms with Crippen molar-refractivity contribution in [1.82, 2.24) is 29.5 Å². The van der Waals surface area contributed by atoms with Crippen molar-refractivity contribution < 1.29 is 52.0 Å². The molecule has 4 aromatic rings. The van der Waals surface area contributed by atoms with E-state index < -0.39 is 101 Å².